The van der Waals surface area contributed by atoms with E-state index in [-0.39, 0.29) is 11.3 Å². The number of H-pyrrole nitrogens is 1. The summed E-state index contributed by atoms with van der Waals surface area (Å²) in [5.41, 5.74) is 2.07. The largest absolute Gasteiger partial charge is 0.304 e. The molecule has 0 spiro atoms. The number of aromatic nitrogens is 4. The van der Waals surface area contributed by atoms with Crippen molar-refractivity contribution < 1.29 is 13.6 Å². The lowest BCUT2D eigenvalue weighted by molar-refractivity contribution is 0.102. The summed E-state index contributed by atoms with van der Waals surface area (Å²) < 4.78 is 28.1. The molecule has 28 heavy (non-hydrogen) atoms. The number of rotatable bonds is 3. The van der Waals surface area contributed by atoms with Gasteiger partial charge in [0.25, 0.3) is 5.91 Å². The molecule has 138 valence electrons. The van der Waals surface area contributed by atoms with E-state index in [1.54, 1.807) is 19.1 Å². The summed E-state index contributed by atoms with van der Waals surface area (Å²) in [5, 5.41) is 23.2. The predicted molar refractivity (Wildman–Crippen MR) is 97.0 cm³/mol. The Hall–Kier alpha value is -4.06. The lowest BCUT2D eigenvalue weighted by Crippen LogP contribution is -2.11. The average molecular weight is 378 g/mol. The number of carbonyl (C=O) groups excluding carboxylic acids is 1. The van der Waals surface area contributed by atoms with Crippen molar-refractivity contribution in [3.8, 4) is 11.8 Å². The van der Waals surface area contributed by atoms with Gasteiger partial charge in [0, 0.05) is 17.6 Å². The van der Waals surface area contributed by atoms with Crippen molar-refractivity contribution in [2.24, 2.45) is 0 Å². The van der Waals surface area contributed by atoms with Crippen LogP contribution in [-0.4, -0.2) is 25.9 Å². The lowest BCUT2D eigenvalue weighted by atomic mass is 10.1. The summed E-state index contributed by atoms with van der Waals surface area (Å²) in [6, 6.07) is 8.58. The van der Waals surface area contributed by atoms with E-state index in [1.807, 2.05) is 0 Å². The SMILES string of the molecule is Cc1cc2c(NC(=O)c3cnn(-c4ccc(F)cc4F)c3)n[nH]c2cc1C#N. The Labute approximate surface area is 157 Å². The van der Waals surface area contributed by atoms with Gasteiger partial charge in [-0.05, 0) is 36.8 Å². The van der Waals surface area contributed by atoms with Gasteiger partial charge in [-0.3, -0.25) is 9.89 Å². The number of halogens is 2. The molecular formula is C19H12F2N6O. The van der Waals surface area contributed by atoms with E-state index in [2.05, 4.69) is 26.7 Å². The third kappa shape index (κ3) is 2.97. The van der Waals surface area contributed by atoms with E-state index in [4.69, 9.17) is 5.26 Å². The highest BCUT2D eigenvalue weighted by Gasteiger charge is 2.16. The molecule has 2 heterocycles. The molecule has 9 heteroatoms. The first kappa shape index (κ1) is 17.4. The maximum Gasteiger partial charge on any atom is 0.260 e. The molecule has 0 atom stereocenters. The first-order valence-electron chi connectivity index (χ1n) is 8.16. The van der Waals surface area contributed by atoms with Crippen LogP contribution >= 0.6 is 0 Å². The number of amides is 1. The topological polar surface area (TPSA) is 99.4 Å². The molecular weight excluding hydrogens is 366 g/mol. The molecule has 2 aromatic carbocycles. The van der Waals surface area contributed by atoms with Gasteiger partial charge in [-0.25, -0.2) is 13.5 Å². The highest BCUT2D eigenvalue weighted by molar-refractivity contribution is 6.07. The molecule has 4 rings (SSSR count). The minimum atomic E-state index is -0.794. The van der Waals surface area contributed by atoms with Gasteiger partial charge >= 0.3 is 0 Å². The third-order valence-electron chi connectivity index (χ3n) is 4.26. The van der Waals surface area contributed by atoms with Crippen LogP contribution in [0.3, 0.4) is 0 Å². The van der Waals surface area contributed by atoms with E-state index < -0.39 is 17.5 Å². The molecule has 0 radical (unpaired) electrons. The summed E-state index contributed by atoms with van der Waals surface area (Å²) in [4.78, 5) is 12.5. The van der Waals surface area contributed by atoms with Crippen LogP contribution in [0.4, 0.5) is 14.6 Å². The maximum absolute atomic E-state index is 13.9. The second-order valence-electron chi connectivity index (χ2n) is 6.12. The summed E-state index contributed by atoms with van der Waals surface area (Å²) in [6.45, 7) is 1.79. The van der Waals surface area contributed by atoms with Crippen LogP contribution in [0.1, 0.15) is 21.5 Å². The Bertz CT molecular complexity index is 1270. The van der Waals surface area contributed by atoms with E-state index in [9.17, 15) is 13.6 Å². The number of aryl methyl sites for hydroxylation is 1. The Morgan fingerprint density at radius 2 is 2.11 bits per heavy atom. The number of hydrogen-bond acceptors (Lipinski definition) is 4. The molecule has 0 aliphatic heterocycles. The van der Waals surface area contributed by atoms with E-state index in [0.29, 0.717) is 22.3 Å². The molecule has 0 aliphatic carbocycles. The van der Waals surface area contributed by atoms with Gasteiger partial charge < -0.3 is 5.32 Å². The number of nitriles is 1. The number of hydrogen-bond donors (Lipinski definition) is 2. The van der Waals surface area contributed by atoms with Crippen LogP contribution in [-0.2, 0) is 0 Å². The van der Waals surface area contributed by atoms with Crippen LogP contribution in [0.25, 0.3) is 16.6 Å². The van der Waals surface area contributed by atoms with Gasteiger partial charge in [0.05, 0.1) is 28.9 Å². The maximum atomic E-state index is 13.9. The summed E-state index contributed by atoms with van der Waals surface area (Å²) in [5.74, 6) is -1.69. The smallest absolute Gasteiger partial charge is 0.260 e. The van der Waals surface area contributed by atoms with Crippen molar-refractivity contribution in [3.63, 3.8) is 0 Å². The minimum absolute atomic E-state index is 0.0188. The average Bonchev–Trinajstić information content (AvgIpc) is 3.29. The zero-order chi connectivity index (χ0) is 19.8. The van der Waals surface area contributed by atoms with Crippen molar-refractivity contribution in [1.82, 2.24) is 20.0 Å². The fraction of sp³-hybridized carbons (Fsp3) is 0.0526. The summed E-state index contributed by atoms with van der Waals surface area (Å²) in [6.07, 6.45) is 2.60. The van der Waals surface area contributed by atoms with Gasteiger partial charge in [-0.15, -0.1) is 0 Å². The Kier molecular flexibility index (Phi) is 4.08. The van der Waals surface area contributed by atoms with Crippen molar-refractivity contribution in [3.05, 3.63) is 71.1 Å². The van der Waals surface area contributed by atoms with Gasteiger partial charge in [-0.1, -0.05) is 0 Å². The molecule has 0 saturated carbocycles. The lowest BCUT2D eigenvalue weighted by Gasteiger charge is -2.03. The van der Waals surface area contributed by atoms with Gasteiger partial charge in [0.1, 0.15) is 11.5 Å². The van der Waals surface area contributed by atoms with E-state index in [0.717, 1.165) is 22.4 Å². The molecule has 7 nitrogen and oxygen atoms in total. The van der Waals surface area contributed by atoms with Gasteiger partial charge in [0.2, 0.25) is 0 Å². The van der Waals surface area contributed by atoms with Crippen molar-refractivity contribution >= 4 is 22.6 Å². The van der Waals surface area contributed by atoms with Crippen molar-refractivity contribution in [2.75, 3.05) is 5.32 Å². The molecule has 1 amide bonds. The third-order valence-corrected chi connectivity index (χ3v) is 4.26. The Morgan fingerprint density at radius 3 is 2.86 bits per heavy atom. The van der Waals surface area contributed by atoms with Crippen molar-refractivity contribution in [1.29, 1.82) is 5.26 Å². The van der Waals surface area contributed by atoms with Crippen LogP contribution in [0, 0.1) is 29.9 Å². The highest BCUT2D eigenvalue weighted by Crippen LogP contribution is 2.24. The highest BCUT2D eigenvalue weighted by atomic mass is 19.1. The Balaban J connectivity index is 1.61. The molecule has 2 aromatic heterocycles. The van der Waals surface area contributed by atoms with Crippen LogP contribution in [0.15, 0.2) is 42.7 Å². The number of fused-ring (bicyclic) bond motifs is 1. The van der Waals surface area contributed by atoms with Gasteiger partial charge in [-0.2, -0.15) is 15.5 Å². The first-order valence-corrected chi connectivity index (χ1v) is 8.16. The predicted octanol–water partition coefficient (Wildman–Crippen LogP) is 3.46. The molecule has 4 aromatic rings. The van der Waals surface area contributed by atoms with E-state index in [1.165, 1.54) is 18.5 Å². The molecule has 0 aliphatic rings. The summed E-state index contributed by atoms with van der Waals surface area (Å²) in [7, 11) is 0. The normalized spacial score (nSPS) is 10.8. The van der Waals surface area contributed by atoms with E-state index >= 15 is 0 Å². The molecule has 2 N–H and O–H groups in total. The fourth-order valence-corrected chi connectivity index (χ4v) is 2.81. The van der Waals surface area contributed by atoms with Crippen molar-refractivity contribution in [2.45, 2.75) is 6.92 Å². The van der Waals surface area contributed by atoms with Crippen LogP contribution in [0.5, 0.6) is 0 Å². The first-order chi connectivity index (χ1) is 13.5. The fourth-order valence-electron chi connectivity index (χ4n) is 2.81. The zero-order valence-corrected chi connectivity index (χ0v) is 14.5. The number of nitrogens with zero attached hydrogens (tertiary/aromatic N) is 4. The number of carbonyl (C=O) groups is 1. The molecule has 0 saturated heterocycles. The monoisotopic (exact) mass is 378 g/mol. The second-order valence-corrected chi connectivity index (χ2v) is 6.12. The van der Waals surface area contributed by atoms with Gasteiger partial charge in [0.15, 0.2) is 11.6 Å². The quantitative estimate of drug-likeness (QED) is 0.570. The number of nitrogens with one attached hydrogen (secondary N) is 2. The minimum Gasteiger partial charge on any atom is -0.304 e. The van der Waals surface area contributed by atoms with Crippen LogP contribution in [0.2, 0.25) is 0 Å². The Morgan fingerprint density at radius 1 is 1.29 bits per heavy atom. The number of anilines is 1. The number of benzene rings is 2. The number of aromatic amines is 1. The second kappa shape index (κ2) is 6.59. The zero-order valence-electron chi connectivity index (χ0n) is 14.5. The standard InChI is InChI=1S/C19H12F2N6O/c1-10-4-14-16(5-11(10)7-22)25-26-18(14)24-19(28)12-8-23-27(9-12)17-3-2-13(20)6-15(17)21/h2-6,8-9H,1H3,(H2,24,25,26,28). The molecule has 0 unspecified atom stereocenters. The van der Waals surface area contributed by atoms with Crippen LogP contribution < -0.4 is 5.32 Å². The molecule has 0 bridgehead atoms. The summed E-state index contributed by atoms with van der Waals surface area (Å²) >= 11 is 0. The molecule has 0 fully saturated rings.